The lowest BCUT2D eigenvalue weighted by Crippen LogP contribution is -2.38. The first-order valence-corrected chi connectivity index (χ1v) is 11.2. The van der Waals surface area contributed by atoms with E-state index in [9.17, 15) is 4.79 Å². The first-order chi connectivity index (χ1) is 14.3. The zero-order valence-corrected chi connectivity index (χ0v) is 17.3. The van der Waals surface area contributed by atoms with Crippen LogP contribution < -0.4 is 5.32 Å². The molecule has 150 valence electrons. The number of piperidine rings is 1. The molecule has 0 atom stereocenters. The molecule has 4 rings (SSSR count). The highest BCUT2D eigenvalue weighted by Crippen LogP contribution is 2.30. The number of fused-ring (bicyclic) bond motifs is 1. The molecule has 1 aliphatic rings. The second-order valence-electron chi connectivity index (χ2n) is 7.27. The molecule has 1 fully saturated rings. The largest absolute Gasteiger partial charge is 0.354 e. The number of carbonyl (C=O) groups excluding carboxylic acids is 1. The molecule has 29 heavy (non-hydrogen) atoms. The Morgan fingerprint density at radius 3 is 2.38 bits per heavy atom. The fourth-order valence-corrected chi connectivity index (χ4v) is 4.42. The second-order valence-corrected chi connectivity index (χ2v) is 8.24. The Labute approximate surface area is 175 Å². The Bertz CT molecular complexity index is 958. The molecule has 0 saturated carbocycles. The van der Waals surface area contributed by atoms with Crippen LogP contribution in [0.4, 0.5) is 0 Å². The molecule has 0 unspecified atom stereocenters. The van der Waals surface area contributed by atoms with E-state index in [1.54, 1.807) is 0 Å². The second kappa shape index (κ2) is 9.85. The molecular formula is C23H26N4OS. The van der Waals surface area contributed by atoms with Crippen molar-refractivity contribution in [3.8, 4) is 11.3 Å². The lowest BCUT2D eigenvalue weighted by molar-refractivity contribution is -0.118. The average molecular weight is 407 g/mol. The van der Waals surface area contributed by atoms with Crippen LogP contribution in [0.25, 0.3) is 22.3 Å². The van der Waals surface area contributed by atoms with Crippen molar-refractivity contribution < 1.29 is 4.79 Å². The van der Waals surface area contributed by atoms with Gasteiger partial charge in [0.2, 0.25) is 5.91 Å². The molecule has 1 amide bonds. The van der Waals surface area contributed by atoms with Crippen molar-refractivity contribution in [3.63, 3.8) is 0 Å². The SMILES string of the molecule is O=C(CSc1nc2ccccc2nc1-c1ccccc1)NCCN1CCCCC1. The number of likely N-dealkylation sites (tertiary alicyclic amines) is 1. The molecule has 2 aromatic carbocycles. The predicted molar refractivity (Wildman–Crippen MR) is 119 cm³/mol. The van der Waals surface area contributed by atoms with Crippen molar-refractivity contribution >= 4 is 28.7 Å². The van der Waals surface area contributed by atoms with Crippen LogP contribution in [0.3, 0.4) is 0 Å². The summed E-state index contributed by atoms with van der Waals surface area (Å²) in [6.07, 6.45) is 3.87. The van der Waals surface area contributed by atoms with Crippen LogP contribution in [-0.2, 0) is 4.79 Å². The summed E-state index contributed by atoms with van der Waals surface area (Å²) in [5, 5.41) is 3.84. The number of benzene rings is 2. The van der Waals surface area contributed by atoms with E-state index in [0.29, 0.717) is 12.3 Å². The summed E-state index contributed by atoms with van der Waals surface area (Å²) in [7, 11) is 0. The van der Waals surface area contributed by atoms with Gasteiger partial charge in [0.05, 0.1) is 16.8 Å². The topological polar surface area (TPSA) is 58.1 Å². The molecular weight excluding hydrogens is 380 g/mol. The molecule has 1 aromatic heterocycles. The van der Waals surface area contributed by atoms with E-state index < -0.39 is 0 Å². The van der Waals surface area contributed by atoms with E-state index in [1.807, 2.05) is 54.6 Å². The molecule has 5 nitrogen and oxygen atoms in total. The summed E-state index contributed by atoms with van der Waals surface area (Å²) >= 11 is 1.45. The van der Waals surface area contributed by atoms with E-state index in [4.69, 9.17) is 9.97 Å². The van der Waals surface area contributed by atoms with Gasteiger partial charge in [0.1, 0.15) is 10.7 Å². The molecule has 6 heteroatoms. The van der Waals surface area contributed by atoms with E-state index >= 15 is 0 Å². The Kier molecular flexibility index (Phi) is 6.75. The van der Waals surface area contributed by atoms with Gasteiger partial charge in [-0.25, -0.2) is 9.97 Å². The van der Waals surface area contributed by atoms with E-state index in [0.717, 1.165) is 47.0 Å². The van der Waals surface area contributed by atoms with Crippen LogP contribution in [0, 0.1) is 0 Å². The first kappa shape index (κ1) is 19.9. The third kappa shape index (κ3) is 5.34. The Morgan fingerprint density at radius 1 is 0.931 bits per heavy atom. The summed E-state index contributed by atoms with van der Waals surface area (Å²) in [6.45, 7) is 3.94. The number of hydrogen-bond acceptors (Lipinski definition) is 5. The minimum Gasteiger partial charge on any atom is -0.354 e. The highest BCUT2D eigenvalue weighted by molar-refractivity contribution is 8.00. The number of aromatic nitrogens is 2. The summed E-state index contributed by atoms with van der Waals surface area (Å²) < 4.78 is 0. The van der Waals surface area contributed by atoms with Gasteiger partial charge in [-0.05, 0) is 38.1 Å². The zero-order valence-electron chi connectivity index (χ0n) is 16.5. The third-order valence-corrected chi connectivity index (χ3v) is 6.09. The van der Waals surface area contributed by atoms with Gasteiger partial charge in [0.15, 0.2) is 0 Å². The number of para-hydroxylation sites is 2. The minimum atomic E-state index is 0.0426. The fraction of sp³-hybridized carbons (Fsp3) is 0.348. The average Bonchev–Trinajstić information content (AvgIpc) is 2.78. The van der Waals surface area contributed by atoms with Crippen LogP contribution in [-0.4, -0.2) is 52.7 Å². The molecule has 0 spiro atoms. The van der Waals surface area contributed by atoms with Gasteiger partial charge in [-0.15, -0.1) is 0 Å². The maximum Gasteiger partial charge on any atom is 0.230 e. The van der Waals surface area contributed by atoms with Crippen molar-refractivity contribution in [3.05, 3.63) is 54.6 Å². The molecule has 2 heterocycles. The van der Waals surface area contributed by atoms with Crippen LogP contribution in [0.5, 0.6) is 0 Å². The quantitative estimate of drug-likeness (QED) is 0.601. The number of amides is 1. The van der Waals surface area contributed by atoms with E-state index in [2.05, 4.69) is 10.2 Å². The summed E-state index contributed by atoms with van der Waals surface area (Å²) in [5.41, 5.74) is 3.55. The number of thioether (sulfide) groups is 1. The van der Waals surface area contributed by atoms with Gasteiger partial charge in [-0.3, -0.25) is 4.79 Å². The van der Waals surface area contributed by atoms with Gasteiger partial charge < -0.3 is 10.2 Å². The van der Waals surface area contributed by atoms with E-state index in [-0.39, 0.29) is 5.91 Å². The monoisotopic (exact) mass is 406 g/mol. The van der Waals surface area contributed by atoms with E-state index in [1.165, 1.54) is 31.0 Å². The molecule has 1 saturated heterocycles. The normalized spacial score (nSPS) is 14.8. The predicted octanol–water partition coefficient (Wildman–Crippen LogP) is 3.99. The minimum absolute atomic E-state index is 0.0426. The number of carbonyl (C=O) groups is 1. The van der Waals surface area contributed by atoms with Gasteiger partial charge in [0.25, 0.3) is 0 Å². The van der Waals surface area contributed by atoms with Gasteiger partial charge in [-0.2, -0.15) is 0 Å². The standard InChI is InChI=1S/C23H26N4OS/c28-21(24-13-16-27-14-7-2-8-15-27)17-29-23-22(18-9-3-1-4-10-18)25-19-11-5-6-12-20(19)26-23/h1,3-6,9-12H,2,7-8,13-17H2,(H,24,28). The number of hydrogen-bond donors (Lipinski definition) is 1. The van der Waals surface area contributed by atoms with Gasteiger partial charge >= 0.3 is 0 Å². The van der Waals surface area contributed by atoms with Crippen LogP contribution in [0.1, 0.15) is 19.3 Å². The molecule has 1 N–H and O–H groups in total. The molecule has 0 aliphatic carbocycles. The highest BCUT2D eigenvalue weighted by atomic mass is 32.2. The van der Waals surface area contributed by atoms with Crippen molar-refractivity contribution in [1.82, 2.24) is 20.2 Å². The smallest absolute Gasteiger partial charge is 0.230 e. The maximum absolute atomic E-state index is 12.4. The van der Waals surface area contributed by atoms with Crippen molar-refractivity contribution in [1.29, 1.82) is 0 Å². The van der Waals surface area contributed by atoms with Gasteiger partial charge in [0, 0.05) is 18.7 Å². The highest BCUT2D eigenvalue weighted by Gasteiger charge is 2.14. The molecule has 0 bridgehead atoms. The molecule has 3 aromatic rings. The molecule has 0 radical (unpaired) electrons. The summed E-state index contributed by atoms with van der Waals surface area (Å²) in [6, 6.07) is 17.9. The zero-order chi connectivity index (χ0) is 19.9. The van der Waals surface area contributed by atoms with Crippen molar-refractivity contribution in [2.75, 3.05) is 31.9 Å². The number of nitrogens with zero attached hydrogens (tertiary/aromatic N) is 3. The van der Waals surface area contributed by atoms with Crippen LogP contribution >= 0.6 is 11.8 Å². The molecule has 1 aliphatic heterocycles. The maximum atomic E-state index is 12.4. The first-order valence-electron chi connectivity index (χ1n) is 10.2. The lowest BCUT2D eigenvalue weighted by Gasteiger charge is -2.26. The lowest BCUT2D eigenvalue weighted by atomic mass is 10.1. The van der Waals surface area contributed by atoms with Crippen molar-refractivity contribution in [2.24, 2.45) is 0 Å². The summed E-state index contributed by atoms with van der Waals surface area (Å²) in [4.78, 5) is 24.4. The fourth-order valence-electron chi connectivity index (χ4n) is 3.59. The Hall–Kier alpha value is -2.44. The summed E-state index contributed by atoms with van der Waals surface area (Å²) in [5.74, 6) is 0.383. The van der Waals surface area contributed by atoms with Crippen molar-refractivity contribution in [2.45, 2.75) is 24.3 Å². The van der Waals surface area contributed by atoms with Crippen LogP contribution in [0.2, 0.25) is 0 Å². The number of rotatable bonds is 7. The number of nitrogens with one attached hydrogen (secondary N) is 1. The van der Waals surface area contributed by atoms with Gasteiger partial charge in [-0.1, -0.05) is 60.6 Å². The third-order valence-electron chi connectivity index (χ3n) is 5.12. The Balaban J connectivity index is 1.42. The Morgan fingerprint density at radius 2 is 1.62 bits per heavy atom. The van der Waals surface area contributed by atoms with Crippen LogP contribution in [0.15, 0.2) is 59.6 Å².